The lowest BCUT2D eigenvalue weighted by Crippen LogP contribution is -2.50. The number of imide groups is 1. The summed E-state index contributed by atoms with van der Waals surface area (Å²) >= 11 is 0. The molecule has 1 aliphatic carbocycles. The molecular formula is C30H35NO6. The predicted octanol–water partition coefficient (Wildman–Crippen LogP) is 4.83. The highest BCUT2D eigenvalue weighted by Gasteiger charge is 2.45. The van der Waals surface area contributed by atoms with Gasteiger partial charge in [-0.05, 0) is 55.4 Å². The SMILES string of the molecule is C=C[C@@H](OCc1ccc(OC)cc1)[C@@H](O)[C@@H](C(=O)N1C(=O)OC[C@H]1Cc1ccccc1)C1=CCCCC1. The first-order valence-corrected chi connectivity index (χ1v) is 12.8. The smallest absolute Gasteiger partial charge is 0.417 e. The summed E-state index contributed by atoms with van der Waals surface area (Å²) in [4.78, 5) is 27.9. The molecule has 1 saturated heterocycles. The summed E-state index contributed by atoms with van der Waals surface area (Å²) in [6.07, 6.45) is 4.79. The summed E-state index contributed by atoms with van der Waals surface area (Å²) in [6, 6.07) is 16.7. The van der Waals surface area contributed by atoms with Crippen LogP contribution in [-0.2, 0) is 27.3 Å². The third-order valence-electron chi connectivity index (χ3n) is 7.02. The van der Waals surface area contributed by atoms with Crippen molar-refractivity contribution in [1.82, 2.24) is 4.90 Å². The lowest BCUT2D eigenvalue weighted by atomic mass is 9.82. The molecule has 1 fully saturated rings. The topological polar surface area (TPSA) is 85.3 Å². The number of nitrogens with zero attached hydrogens (tertiary/aromatic N) is 1. The van der Waals surface area contributed by atoms with E-state index in [1.807, 2.05) is 60.7 Å². The molecule has 2 aromatic carbocycles. The number of allylic oxidation sites excluding steroid dienone is 1. The highest BCUT2D eigenvalue weighted by Crippen LogP contribution is 2.33. The Morgan fingerprint density at radius 1 is 1.16 bits per heavy atom. The van der Waals surface area contributed by atoms with Gasteiger partial charge in [-0.15, -0.1) is 6.58 Å². The number of aliphatic hydroxyl groups is 1. The zero-order valence-corrected chi connectivity index (χ0v) is 21.3. The predicted molar refractivity (Wildman–Crippen MR) is 140 cm³/mol. The second-order valence-electron chi connectivity index (χ2n) is 9.48. The van der Waals surface area contributed by atoms with Gasteiger partial charge in [0.05, 0.1) is 31.8 Å². The Hall–Kier alpha value is -3.42. The van der Waals surface area contributed by atoms with E-state index in [0.717, 1.165) is 41.7 Å². The number of ether oxygens (including phenoxy) is 3. The van der Waals surface area contributed by atoms with E-state index in [2.05, 4.69) is 6.58 Å². The first-order valence-electron chi connectivity index (χ1n) is 12.8. The molecule has 0 saturated carbocycles. The van der Waals surface area contributed by atoms with E-state index in [4.69, 9.17) is 14.2 Å². The Bertz CT molecular complexity index is 1100. The molecule has 2 aliphatic rings. The van der Waals surface area contributed by atoms with Crippen molar-refractivity contribution in [3.8, 4) is 5.75 Å². The standard InChI is InChI=1S/C30H35NO6/c1-3-26(36-19-22-14-16-25(35-2)17-15-22)28(32)27(23-12-8-5-9-13-23)29(33)31-24(20-37-30(31)34)18-21-10-6-4-7-11-21/h3-4,6-7,10-12,14-17,24,26-28,32H,1,5,8-9,13,18-20H2,2H3/t24-,26-,27+,28-/m1/s1. The number of benzene rings is 2. The van der Waals surface area contributed by atoms with E-state index in [1.165, 1.54) is 11.0 Å². The molecule has 4 atom stereocenters. The maximum Gasteiger partial charge on any atom is 0.417 e. The Morgan fingerprint density at radius 2 is 1.92 bits per heavy atom. The Kier molecular flexibility index (Phi) is 9.14. The molecule has 1 N–H and O–H groups in total. The molecular weight excluding hydrogens is 470 g/mol. The molecule has 1 aliphatic heterocycles. The van der Waals surface area contributed by atoms with Crippen LogP contribution in [0.1, 0.15) is 36.8 Å². The number of methoxy groups -OCH3 is 1. The Morgan fingerprint density at radius 3 is 2.57 bits per heavy atom. The fourth-order valence-electron chi connectivity index (χ4n) is 5.00. The van der Waals surface area contributed by atoms with E-state index in [-0.39, 0.29) is 13.2 Å². The van der Waals surface area contributed by atoms with E-state index in [1.54, 1.807) is 7.11 Å². The molecule has 37 heavy (non-hydrogen) atoms. The van der Waals surface area contributed by atoms with Gasteiger partial charge in [-0.1, -0.05) is 60.2 Å². The summed E-state index contributed by atoms with van der Waals surface area (Å²) in [5, 5.41) is 11.5. The highest BCUT2D eigenvalue weighted by molar-refractivity contribution is 5.96. The molecule has 0 radical (unpaired) electrons. The minimum absolute atomic E-state index is 0.125. The lowest BCUT2D eigenvalue weighted by molar-refractivity contribution is -0.139. The van der Waals surface area contributed by atoms with E-state index in [0.29, 0.717) is 12.8 Å². The number of cyclic esters (lactones) is 1. The van der Waals surface area contributed by atoms with Crippen molar-refractivity contribution in [1.29, 1.82) is 0 Å². The van der Waals surface area contributed by atoms with Gasteiger partial charge in [0.2, 0.25) is 5.91 Å². The van der Waals surface area contributed by atoms with Crippen molar-refractivity contribution in [3.05, 3.63) is 90.0 Å². The number of amides is 2. The molecule has 0 unspecified atom stereocenters. The van der Waals surface area contributed by atoms with Gasteiger partial charge in [0.15, 0.2) is 0 Å². The van der Waals surface area contributed by atoms with Crippen LogP contribution >= 0.6 is 0 Å². The highest BCUT2D eigenvalue weighted by atomic mass is 16.6. The van der Waals surface area contributed by atoms with E-state index < -0.39 is 36.2 Å². The van der Waals surface area contributed by atoms with Gasteiger partial charge in [-0.2, -0.15) is 0 Å². The van der Waals surface area contributed by atoms with Crippen LogP contribution in [0.4, 0.5) is 4.79 Å². The van der Waals surface area contributed by atoms with E-state index >= 15 is 0 Å². The minimum Gasteiger partial charge on any atom is -0.497 e. The molecule has 196 valence electrons. The maximum absolute atomic E-state index is 14.0. The van der Waals surface area contributed by atoms with Crippen LogP contribution in [0.3, 0.4) is 0 Å². The third kappa shape index (κ3) is 6.48. The van der Waals surface area contributed by atoms with Crippen molar-refractivity contribution >= 4 is 12.0 Å². The van der Waals surface area contributed by atoms with E-state index in [9.17, 15) is 14.7 Å². The molecule has 0 spiro atoms. The third-order valence-corrected chi connectivity index (χ3v) is 7.02. The molecule has 7 heteroatoms. The summed E-state index contributed by atoms with van der Waals surface area (Å²) in [5.74, 6) is -0.645. The number of hydrogen-bond acceptors (Lipinski definition) is 6. The van der Waals surface area contributed by atoms with Crippen LogP contribution in [0.25, 0.3) is 0 Å². The molecule has 0 bridgehead atoms. The van der Waals surface area contributed by atoms with Crippen molar-refractivity contribution in [2.24, 2.45) is 5.92 Å². The van der Waals surface area contributed by atoms with Gasteiger partial charge in [-0.3, -0.25) is 4.79 Å². The van der Waals surface area contributed by atoms with Gasteiger partial charge in [0.1, 0.15) is 18.5 Å². The summed E-state index contributed by atoms with van der Waals surface area (Å²) in [7, 11) is 1.60. The fourth-order valence-corrected chi connectivity index (χ4v) is 5.00. The van der Waals surface area contributed by atoms with Crippen molar-refractivity contribution in [2.45, 2.75) is 57.0 Å². The average Bonchev–Trinajstić information content (AvgIpc) is 3.30. The summed E-state index contributed by atoms with van der Waals surface area (Å²) in [5.41, 5.74) is 2.73. The lowest BCUT2D eigenvalue weighted by Gasteiger charge is -2.33. The maximum atomic E-state index is 14.0. The van der Waals surface area contributed by atoms with Crippen LogP contribution in [0, 0.1) is 5.92 Å². The van der Waals surface area contributed by atoms with Crippen molar-refractivity contribution in [2.75, 3.05) is 13.7 Å². The number of carbonyl (C=O) groups is 2. The quantitative estimate of drug-likeness (QED) is 0.440. The molecule has 7 nitrogen and oxygen atoms in total. The summed E-state index contributed by atoms with van der Waals surface area (Å²) < 4.78 is 16.5. The van der Waals surface area contributed by atoms with Crippen LogP contribution in [0.2, 0.25) is 0 Å². The second-order valence-corrected chi connectivity index (χ2v) is 9.48. The van der Waals surface area contributed by atoms with Gasteiger partial charge >= 0.3 is 6.09 Å². The first-order chi connectivity index (χ1) is 18.0. The van der Waals surface area contributed by atoms with Crippen LogP contribution < -0.4 is 4.74 Å². The molecule has 0 aromatic heterocycles. The normalized spacial score (nSPS) is 19.9. The van der Waals surface area contributed by atoms with Gasteiger partial charge < -0.3 is 19.3 Å². The monoisotopic (exact) mass is 505 g/mol. The summed E-state index contributed by atoms with van der Waals surface area (Å²) in [6.45, 7) is 4.20. The number of rotatable bonds is 11. The largest absolute Gasteiger partial charge is 0.497 e. The molecule has 2 aromatic rings. The van der Waals surface area contributed by atoms with Crippen LogP contribution in [0.15, 0.2) is 78.9 Å². The zero-order chi connectivity index (χ0) is 26.2. The average molecular weight is 506 g/mol. The molecule has 4 rings (SSSR count). The Labute approximate surface area is 218 Å². The van der Waals surface area contributed by atoms with Gasteiger partial charge in [0.25, 0.3) is 0 Å². The second kappa shape index (κ2) is 12.7. The molecule has 1 heterocycles. The van der Waals surface area contributed by atoms with Crippen LogP contribution in [-0.4, -0.2) is 54.0 Å². The van der Waals surface area contributed by atoms with Crippen molar-refractivity contribution < 1.29 is 28.9 Å². The van der Waals surface area contributed by atoms with Gasteiger partial charge in [-0.25, -0.2) is 9.69 Å². The fraction of sp³-hybridized carbons (Fsp3) is 0.400. The van der Waals surface area contributed by atoms with Gasteiger partial charge in [0, 0.05) is 0 Å². The number of hydrogen-bond donors (Lipinski definition) is 1. The van der Waals surface area contributed by atoms with Crippen molar-refractivity contribution in [3.63, 3.8) is 0 Å². The minimum atomic E-state index is -1.21. The number of aliphatic hydroxyl groups excluding tert-OH is 1. The number of carbonyl (C=O) groups excluding carboxylic acids is 2. The molecule has 2 amide bonds. The Balaban J connectivity index is 1.55. The first kappa shape index (κ1) is 26.6. The zero-order valence-electron chi connectivity index (χ0n) is 21.3. The van der Waals surface area contributed by atoms with Crippen LogP contribution in [0.5, 0.6) is 5.75 Å².